The first kappa shape index (κ1) is 22.7. The second-order valence-corrected chi connectivity index (χ2v) is 8.52. The number of unbranched alkanes of at least 4 members (excludes halogenated alkanes) is 4. The van der Waals surface area contributed by atoms with Crippen molar-refractivity contribution in [3.63, 3.8) is 0 Å². The summed E-state index contributed by atoms with van der Waals surface area (Å²) in [5.41, 5.74) is 3.51. The molecule has 2 aromatic carbocycles. The minimum absolute atomic E-state index is 0.202. The molecule has 0 aliphatic carbocycles. The second kappa shape index (κ2) is 11.4. The first-order chi connectivity index (χ1) is 13.7. The lowest BCUT2D eigenvalue weighted by Gasteiger charge is -2.52. The third-order valence-corrected chi connectivity index (χ3v) is 7.19. The highest BCUT2D eigenvalue weighted by Gasteiger charge is 2.49. The van der Waals surface area contributed by atoms with E-state index in [0.717, 1.165) is 0 Å². The van der Waals surface area contributed by atoms with Gasteiger partial charge in [0, 0.05) is 10.8 Å². The molecule has 0 heterocycles. The van der Waals surface area contributed by atoms with Gasteiger partial charge < -0.3 is 0 Å². The van der Waals surface area contributed by atoms with Crippen LogP contribution in [0.15, 0.2) is 60.7 Å². The van der Waals surface area contributed by atoms with Gasteiger partial charge in [0.2, 0.25) is 0 Å². The maximum absolute atomic E-state index is 2.44. The highest BCUT2D eigenvalue weighted by molar-refractivity contribution is 5.39. The Kier molecular flexibility index (Phi) is 9.29. The molecule has 0 aromatic heterocycles. The van der Waals surface area contributed by atoms with E-state index in [4.69, 9.17) is 0 Å². The molecule has 2 aromatic rings. The molecule has 0 saturated heterocycles. The molecule has 0 radical (unpaired) electrons. The Morgan fingerprint density at radius 2 is 0.857 bits per heavy atom. The molecule has 0 saturated carbocycles. The van der Waals surface area contributed by atoms with Crippen LogP contribution in [0, 0.1) is 0 Å². The molecule has 0 amide bonds. The zero-order valence-electron chi connectivity index (χ0n) is 18.8. The maximum atomic E-state index is 2.44. The molecular formula is C28H42. The summed E-state index contributed by atoms with van der Waals surface area (Å²) >= 11 is 0. The SMILES string of the molecule is CCCCCC(CC)(c1ccccc1)C(CC)(CCCCC)c1ccccc1. The largest absolute Gasteiger partial charge is 0.0654 e. The topological polar surface area (TPSA) is 0 Å². The Morgan fingerprint density at radius 3 is 1.14 bits per heavy atom. The lowest BCUT2D eigenvalue weighted by atomic mass is 9.51. The first-order valence-corrected chi connectivity index (χ1v) is 11.8. The van der Waals surface area contributed by atoms with Crippen molar-refractivity contribution < 1.29 is 0 Å². The minimum atomic E-state index is 0.202. The van der Waals surface area contributed by atoms with Crippen molar-refractivity contribution in [2.45, 2.75) is 103 Å². The Balaban J connectivity index is 2.65. The maximum Gasteiger partial charge on any atom is 0.00471 e. The summed E-state index contributed by atoms with van der Waals surface area (Å²) in [6, 6.07) is 22.9. The van der Waals surface area contributed by atoms with E-state index in [0.29, 0.717) is 0 Å². The average Bonchev–Trinajstić information content (AvgIpc) is 2.76. The summed E-state index contributed by atoms with van der Waals surface area (Å²) in [7, 11) is 0. The zero-order chi connectivity index (χ0) is 20.3. The van der Waals surface area contributed by atoms with Crippen LogP contribution in [-0.2, 0) is 10.8 Å². The summed E-state index contributed by atoms with van der Waals surface area (Å²) in [5, 5.41) is 0. The molecule has 2 unspecified atom stereocenters. The van der Waals surface area contributed by atoms with Gasteiger partial charge in [-0.05, 0) is 36.8 Å². The summed E-state index contributed by atoms with van der Waals surface area (Å²) in [6.45, 7) is 9.52. The number of hydrogen-bond acceptors (Lipinski definition) is 0. The first-order valence-electron chi connectivity index (χ1n) is 11.8. The van der Waals surface area contributed by atoms with Crippen molar-refractivity contribution in [2.24, 2.45) is 0 Å². The predicted octanol–water partition coefficient (Wildman–Crippen LogP) is 8.84. The number of rotatable bonds is 13. The second-order valence-electron chi connectivity index (χ2n) is 8.52. The summed E-state index contributed by atoms with van der Waals surface area (Å²) in [5.74, 6) is 0. The molecule has 0 bridgehead atoms. The summed E-state index contributed by atoms with van der Waals surface area (Å²) < 4.78 is 0. The smallest absolute Gasteiger partial charge is 0.00471 e. The molecule has 28 heavy (non-hydrogen) atoms. The Bertz CT molecular complexity index is 585. The quantitative estimate of drug-likeness (QED) is 0.305. The van der Waals surface area contributed by atoms with Gasteiger partial charge >= 0.3 is 0 Å². The fraction of sp³-hybridized carbons (Fsp3) is 0.571. The van der Waals surface area contributed by atoms with Gasteiger partial charge in [-0.1, -0.05) is 127 Å². The van der Waals surface area contributed by atoms with E-state index in [9.17, 15) is 0 Å². The van der Waals surface area contributed by atoms with Crippen molar-refractivity contribution in [2.75, 3.05) is 0 Å². The molecule has 2 atom stereocenters. The average molecular weight is 379 g/mol. The molecule has 0 N–H and O–H groups in total. The van der Waals surface area contributed by atoms with Gasteiger partial charge in [-0.3, -0.25) is 0 Å². The van der Waals surface area contributed by atoms with Gasteiger partial charge in [0.15, 0.2) is 0 Å². The van der Waals surface area contributed by atoms with Gasteiger partial charge in [0.05, 0.1) is 0 Å². The minimum Gasteiger partial charge on any atom is -0.0654 e. The molecule has 2 rings (SSSR count). The third kappa shape index (κ3) is 4.70. The molecule has 0 nitrogen and oxygen atoms in total. The molecule has 154 valence electrons. The zero-order valence-corrected chi connectivity index (χ0v) is 18.8. The van der Waals surface area contributed by atoms with Gasteiger partial charge in [-0.2, -0.15) is 0 Å². The van der Waals surface area contributed by atoms with Gasteiger partial charge in [-0.25, -0.2) is 0 Å². The molecular weight excluding hydrogens is 336 g/mol. The number of benzene rings is 2. The van der Waals surface area contributed by atoms with Crippen molar-refractivity contribution >= 4 is 0 Å². The number of hydrogen-bond donors (Lipinski definition) is 0. The molecule has 0 heteroatoms. The van der Waals surface area contributed by atoms with Crippen molar-refractivity contribution in [3.8, 4) is 0 Å². The summed E-state index contributed by atoms with van der Waals surface area (Å²) in [4.78, 5) is 0. The van der Waals surface area contributed by atoms with Crippen LogP contribution < -0.4 is 0 Å². The van der Waals surface area contributed by atoms with Crippen LogP contribution in [0.3, 0.4) is 0 Å². The van der Waals surface area contributed by atoms with Crippen LogP contribution in [0.5, 0.6) is 0 Å². The van der Waals surface area contributed by atoms with Crippen molar-refractivity contribution in [1.29, 1.82) is 0 Å². The van der Waals surface area contributed by atoms with Crippen LogP contribution in [0.25, 0.3) is 0 Å². The van der Waals surface area contributed by atoms with E-state index in [2.05, 4.69) is 88.4 Å². The van der Waals surface area contributed by atoms with Gasteiger partial charge in [-0.15, -0.1) is 0 Å². The van der Waals surface area contributed by atoms with E-state index in [1.807, 2.05) is 0 Å². The van der Waals surface area contributed by atoms with E-state index in [-0.39, 0.29) is 10.8 Å². The fourth-order valence-electron chi connectivity index (χ4n) is 5.63. The lowest BCUT2D eigenvalue weighted by molar-refractivity contribution is 0.156. The highest BCUT2D eigenvalue weighted by atomic mass is 14.5. The monoisotopic (exact) mass is 378 g/mol. The Labute approximate surface area is 174 Å². The molecule has 0 aliphatic rings. The Hall–Kier alpha value is -1.56. The van der Waals surface area contributed by atoms with E-state index in [1.165, 1.54) is 64.2 Å². The van der Waals surface area contributed by atoms with Gasteiger partial charge in [0.1, 0.15) is 0 Å². The van der Waals surface area contributed by atoms with Crippen LogP contribution in [0.2, 0.25) is 0 Å². The van der Waals surface area contributed by atoms with Crippen LogP contribution >= 0.6 is 0 Å². The third-order valence-electron chi connectivity index (χ3n) is 7.19. The van der Waals surface area contributed by atoms with Gasteiger partial charge in [0.25, 0.3) is 0 Å². The summed E-state index contributed by atoms with van der Waals surface area (Å²) in [6.07, 6.45) is 12.9. The molecule has 0 spiro atoms. The predicted molar refractivity (Wildman–Crippen MR) is 125 cm³/mol. The molecule has 0 aliphatic heterocycles. The highest BCUT2D eigenvalue weighted by Crippen LogP contribution is 2.54. The van der Waals surface area contributed by atoms with Crippen molar-refractivity contribution in [3.05, 3.63) is 71.8 Å². The van der Waals surface area contributed by atoms with Crippen LogP contribution in [0.1, 0.15) is 103 Å². The van der Waals surface area contributed by atoms with E-state index < -0.39 is 0 Å². The van der Waals surface area contributed by atoms with Crippen LogP contribution in [-0.4, -0.2) is 0 Å². The lowest BCUT2D eigenvalue weighted by Crippen LogP contribution is -2.49. The molecule has 0 fully saturated rings. The normalized spacial score (nSPS) is 15.7. The van der Waals surface area contributed by atoms with E-state index in [1.54, 1.807) is 11.1 Å². The van der Waals surface area contributed by atoms with Crippen molar-refractivity contribution in [1.82, 2.24) is 0 Å². The fourth-order valence-corrected chi connectivity index (χ4v) is 5.63. The van der Waals surface area contributed by atoms with Crippen LogP contribution in [0.4, 0.5) is 0 Å². The standard InChI is InChI=1S/C28H42/c1-5-9-17-23-27(7-3,25-19-13-11-14-20-25)28(8-4,24-18-10-6-2)26-21-15-12-16-22-26/h11-16,19-22H,5-10,17-18,23-24H2,1-4H3. The van der Waals surface area contributed by atoms with E-state index >= 15 is 0 Å². The Morgan fingerprint density at radius 1 is 0.500 bits per heavy atom.